The lowest BCUT2D eigenvalue weighted by molar-refractivity contribution is -0.153. The predicted octanol–water partition coefficient (Wildman–Crippen LogP) is 2.99. The van der Waals surface area contributed by atoms with Crippen molar-refractivity contribution in [1.29, 1.82) is 0 Å². The van der Waals surface area contributed by atoms with E-state index >= 15 is 0 Å². The van der Waals surface area contributed by atoms with Crippen molar-refractivity contribution in [2.24, 2.45) is 11.8 Å². The van der Waals surface area contributed by atoms with Gasteiger partial charge in [-0.2, -0.15) is 0 Å². The van der Waals surface area contributed by atoms with Gasteiger partial charge in [0, 0.05) is 50.6 Å². The van der Waals surface area contributed by atoms with Crippen LogP contribution in [0.1, 0.15) is 43.7 Å². The SMILES string of the molecule is CC(=O)NC[C@H]1[C@H]2C[C@H](CN(Cc3ccc(C)cc3Cl)C2)[C@@H]2CCCC(=O)N21. The number of aryl methyl sites for hydroxylation is 1. The van der Waals surface area contributed by atoms with Gasteiger partial charge in [-0.25, -0.2) is 0 Å². The van der Waals surface area contributed by atoms with Crippen LogP contribution in [0.4, 0.5) is 0 Å². The number of piperidine rings is 3. The zero-order chi connectivity index (χ0) is 19.8. The number of nitrogens with zero attached hydrogens (tertiary/aromatic N) is 2. The number of fused-ring (bicyclic) bond motifs is 4. The monoisotopic (exact) mass is 403 g/mol. The fourth-order valence-electron chi connectivity index (χ4n) is 5.53. The molecule has 3 aliphatic rings. The molecule has 4 rings (SSSR count). The predicted molar refractivity (Wildman–Crippen MR) is 110 cm³/mol. The van der Waals surface area contributed by atoms with Crippen molar-refractivity contribution in [3.63, 3.8) is 0 Å². The van der Waals surface area contributed by atoms with Gasteiger partial charge in [0.25, 0.3) is 0 Å². The van der Waals surface area contributed by atoms with E-state index in [1.54, 1.807) is 6.92 Å². The second-order valence-corrected chi connectivity index (χ2v) is 9.22. The normalized spacial score (nSPS) is 30.1. The lowest BCUT2D eigenvalue weighted by Crippen LogP contribution is -2.66. The van der Waals surface area contributed by atoms with Gasteiger partial charge in [0.05, 0.1) is 6.04 Å². The van der Waals surface area contributed by atoms with Crippen LogP contribution in [0.3, 0.4) is 0 Å². The molecule has 1 aromatic rings. The fraction of sp³-hybridized carbons (Fsp3) is 0.636. The minimum atomic E-state index is -0.0257. The molecule has 3 fully saturated rings. The van der Waals surface area contributed by atoms with Crippen LogP contribution in [0.5, 0.6) is 0 Å². The second-order valence-electron chi connectivity index (χ2n) is 8.81. The number of likely N-dealkylation sites (tertiary alicyclic amines) is 1. The van der Waals surface area contributed by atoms with Crippen LogP contribution in [-0.2, 0) is 16.1 Å². The second kappa shape index (κ2) is 8.03. The maximum Gasteiger partial charge on any atom is 0.223 e. The topological polar surface area (TPSA) is 52.7 Å². The van der Waals surface area contributed by atoms with E-state index in [0.29, 0.717) is 30.8 Å². The molecular formula is C22H30ClN3O2. The molecule has 0 unspecified atom stereocenters. The summed E-state index contributed by atoms with van der Waals surface area (Å²) in [7, 11) is 0. The van der Waals surface area contributed by atoms with Gasteiger partial charge < -0.3 is 10.2 Å². The number of hydrogen-bond acceptors (Lipinski definition) is 3. The summed E-state index contributed by atoms with van der Waals surface area (Å²) in [5.74, 6) is 1.16. The van der Waals surface area contributed by atoms with Gasteiger partial charge in [-0.1, -0.05) is 23.7 Å². The number of rotatable bonds is 4. The molecule has 6 heteroatoms. The van der Waals surface area contributed by atoms with Gasteiger partial charge in [0.15, 0.2) is 0 Å². The quantitative estimate of drug-likeness (QED) is 0.840. The summed E-state index contributed by atoms with van der Waals surface area (Å²) in [6.45, 7) is 6.98. The first-order valence-electron chi connectivity index (χ1n) is 10.5. The molecule has 1 aromatic carbocycles. The Morgan fingerprint density at radius 1 is 1.29 bits per heavy atom. The van der Waals surface area contributed by atoms with Crippen molar-refractivity contribution in [2.75, 3.05) is 19.6 Å². The minimum Gasteiger partial charge on any atom is -0.354 e. The molecule has 4 atom stereocenters. The van der Waals surface area contributed by atoms with Crippen molar-refractivity contribution in [2.45, 2.75) is 58.2 Å². The molecule has 28 heavy (non-hydrogen) atoms. The van der Waals surface area contributed by atoms with E-state index in [9.17, 15) is 9.59 Å². The minimum absolute atomic E-state index is 0.0257. The Labute approximate surface area is 172 Å². The molecule has 0 radical (unpaired) electrons. The van der Waals surface area contributed by atoms with Gasteiger partial charge >= 0.3 is 0 Å². The average Bonchev–Trinajstić information content (AvgIpc) is 2.64. The van der Waals surface area contributed by atoms with Crippen molar-refractivity contribution >= 4 is 23.4 Å². The molecule has 0 aliphatic carbocycles. The number of halogens is 1. The van der Waals surface area contributed by atoms with Crippen molar-refractivity contribution in [1.82, 2.24) is 15.1 Å². The summed E-state index contributed by atoms with van der Waals surface area (Å²) in [6, 6.07) is 6.70. The smallest absolute Gasteiger partial charge is 0.223 e. The zero-order valence-corrected chi connectivity index (χ0v) is 17.5. The van der Waals surface area contributed by atoms with Gasteiger partial charge in [0.2, 0.25) is 11.8 Å². The Morgan fingerprint density at radius 2 is 2.07 bits per heavy atom. The molecule has 2 amide bonds. The summed E-state index contributed by atoms with van der Waals surface area (Å²) in [5, 5.41) is 3.81. The van der Waals surface area contributed by atoms with Crippen molar-refractivity contribution in [3.8, 4) is 0 Å². The third kappa shape index (κ3) is 3.92. The first-order chi connectivity index (χ1) is 13.4. The molecule has 0 saturated carbocycles. The van der Waals surface area contributed by atoms with Gasteiger partial charge in [-0.05, 0) is 55.2 Å². The molecule has 3 aliphatic heterocycles. The fourth-order valence-corrected chi connectivity index (χ4v) is 5.83. The average molecular weight is 404 g/mol. The van der Waals surface area contributed by atoms with E-state index in [1.165, 1.54) is 11.1 Å². The van der Waals surface area contributed by atoms with Gasteiger partial charge in [-0.15, -0.1) is 0 Å². The lowest BCUT2D eigenvalue weighted by Gasteiger charge is -2.56. The first kappa shape index (κ1) is 19.7. The molecule has 0 aromatic heterocycles. The van der Waals surface area contributed by atoms with Crippen LogP contribution in [0.2, 0.25) is 5.02 Å². The third-order valence-electron chi connectivity index (χ3n) is 6.73. The van der Waals surface area contributed by atoms with Crippen LogP contribution in [0.15, 0.2) is 18.2 Å². The van der Waals surface area contributed by atoms with Crippen LogP contribution >= 0.6 is 11.6 Å². The number of nitrogens with one attached hydrogen (secondary N) is 1. The van der Waals surface area contributed by atoms with E-state index in [1.807, 2.05) is 6.07 Å². The molecule has 1 N–H and O–H groups in total. The van der Waals surface area contributed by atoms with Gasteiger partial charge in [-0.3, -0.25) is 14.5 Å². The highest BCUT2D eigenvalue weighted by Crippen LogP contribution is 2.42. The van der Waals surface area contributed by atoms with E-state index in [-0.39, 0.29) is 17.9 Å². The highest BCUT2D eigenvalue weighted by atomic mass is 35.5. The third-order valence-corrected chi connectivity index (χ3v) is 7.09. The van der Waals surface area contributed by atoms with E-state index in [2.05, 4.69) is 34.2 Å². The number of carbonyl (C=O) groups excluding carboxylic acids is 2. The standard InChI is InChI=1S/C22H30ClN3O2/c1-14-6-7-16(19(23)8-14)11-25-12-17-9-18(13-25)21(10-24-15(2)27)26-20(17)4-3-5-22(26)28/h6-8,17-18,20-21H,3-5,9-13H2,1-2H3,(H,24,27)/t17-,18+,20+,21+/m1/s1. The summed E-state index contributed by atoms with van der Waals surface area (Å²) >= 11 is 6.49. The first-order valence-corrected chi connectivity index (χ1v) is 10.8. The zero-order valence-electron chi connectivity index (χ0n) is 16.8. The summed E-state index contributed by atoms with van der Waals surface area (Å²) < 4.78 is 0. The largest absolute Gasteiger partial charge is 0.354 e. The molecule has 2 bridgehead atoms. The number of hydrogen-bond donors (Lipinski definition) is 1. The lowest BCUT2D eigenvalue weighted by atomic mass is 9.72. The molecule has 3 saturated heterocycles. The van der Waals surface area contributed by atoms with Crippen LogP contribution < -0.4 is 5.32 Å². The van der Waals surface area contributed by atoms with Crippen molar-refractivity contribution in [3.05, 3.63) is 34.3 Å². The molecule has 5 nitrogen and oxygen atoms in total. The van der Waals surface area contributed by atoms with E-state index < -0.39 is 0 Å². The van der Waals surface area contributed by atoms with E-state index in [4.69, 9.17) is 11.6 Å². The van der Waals surface area contributed by atoms with Crippen LogP contribution in [0.25, 0.3) is 0 Å². The molecule has 0 spiro atoms. The number of amides is 2. The number of benzene rings is 1. The van der Waals surface area contributed by atoms with Crippen LogP contribution in [-0.4, -0.2) is 53.3 Å². The molecule has 3 heterocycles. The Balaban J connectivity index is 1.54. The van der Waals surface area contributed by atoms with Crippen molar-refractivity contribution < 1.29 is 9.59 Å². The summed E-state index contributed by atoms with van der Waals surface area (Å²) in [5.41, 5.74) is 2.35. The summed E-state index contributed by atoms with van der Waals surface area (Å²) in [6.07, 6.45) is 3.86. The maximum absolute atomic E-state index is 12.7. The number of carbonyl (C=O) groups is 2. The Bertz CT molecular complexity index is 768. The highest BCUT2D eigenvalue weighted by molar-refractivity contribution is 6.31. The Kier molecular flexibility index (Phi) is 5.66. The highest BCUT2D eigenvalue weighted by Gasteiger charge is 2.49. The Hall–Kier alpha value is -1.59. The summed E-state index contributed by atoms with van der Waals surface area (Å²) in [4.78, 5) is 28.9. The Morgan fingerprint density at radius 3 is 2.82 bits per heavy atom. The van der Waals surface area contributed by atoms with Crippen LogP contribution in [0, 0.1) is 18.8 Å². The maximum atomic E-state index is 12.7. The van der Waals surface area contributed by atoms with Gasteiger partial charge in [0.1, 0.15) is 0 Å². The molecule has 152 valence electrons. The molecular weight excluding hydrogens is 374 g/mol. The van der Waals surface area contributed by atoms with E-state index in [0.717, 1.165) is 43.9 Å².